The highest BCUT2D eigenvalue weighted by molar-refractivity contribution is 5.79. The van der Waals surface area contributed by atoms with Crippen LogP contribution in [0.3, 0.4) is 0 Å². The number of aliphatic imine (C=N–C) groups is 1. The first-order valence-corrected chi connectivity index (χ1v) is 8.06. The van der Waals surface area contributed by atoms with Gasteiger partial charge >= 0.3 is 0 Å². The smallest absolute Gasteiger partial charge is 0.191 e. The summed E-state index contributed by atoms with van der Waals surface area (Å²) in [5.74, 6) is 0.728. The molecule has 3 N–H and O–H groups in total. The molecule has 0 aliphatic carbocycles. The maximum atomic E-state index is 10.3. The Kier molecular flexibility index (Phi) is 6.69. The van der Waals surface area contributed by atoms with Crippen LogP contribution in [0.5, 0.6) is 0 Å². The highest BCUT2D eigenvalue weighted by Gasteiger charge is 2.07. The molecule has 1 aromatic heterocycles. The minimum absolute atomic E-state index is 0.336. The molecule has 1 aromatic carbocycles. The number of aliphatic hydroxyl groups excluding tert-OH is 1. The normalized spacial score (nSPS) is 12.9. The zero-order valence-corrected chi connectivity index (χ0v) is 13.9. The van der Waals surface area contributed by atoms with E-state index in [9.17, 15) is 5.11 Å². The Labute approximate surface area is 138 Å². The third-order valence-electron chi connectivity index (χ3n) is 3.52. The Hall–Kier alpha value is -2.27. The second-order valence-electron chi connectivity index (χ2n) is 5.50. The van der Waals surface area contributed by atoms with Gasteiger partial charge in [-0.1, -0.05) is 29.8 Å². The van der Waals surface area contributed by atoms with Gasteiger partial charge in [-0.15, -0.1) is 0 Å². The fourth-order valence-electron chi connectivity index (χ4n) is 2.32. The summed E-state index contributed by atoms with van der Waals surface area (Å²) in [4.78, 5) is 4.47. The van der Waals surface area contributed by atoms with E-state index in [4.69, 9.17) is 0 Å². The first-order valence-electron chi connectivity index (χ1n) is 8.06. The van der Waals surface area contributed by atoms with Crippen LogP contribution in [-0.2, 0) is 6.54 Å². The van der Waals surface area contributed by atoms with Gasteiger partial charge in [0.1, 0.15) is 0 Å². The maximum Gasteiger partial charge on any atom is 0.191 e. The molecule has 23 heavy (non-hydrogen) atoms. The fraction of sp³-hybridized carbons (Fsp3) is 0.389. The SMILES string of the molecule is CCNC(=NCC(O)c1cccc(C)c1)NCCn1cccc1. The second-order valence-corrected chi connectivity index (χ2v) is 5.50. The van der Waals surface area contributed by atoms with Gasteiger partial charge < -0.3 is 20.3 Å². The Balaban J connectivity index is 1.87. The lowest BCUT2D eigenvalue weighted by Gasteiger charge is -2.14. The van der Waals surface area contributed by atoms with Crippen LogP contribution >= 0.6 is 0 Å². The van der Waals surface area contributed by atoms with E-state index in [-0.39, 0.29) is 0 Å². The van der Waals surface area contributed by atoms with E-state index < -0.39 is 6.10 Å². The monoisotopic (exact) mass is 314 g/mol. The summed E-state index contributed by atoms with van der Waals surface area (Å²) >= 11 is 0. The summed E-state index contributed by atoms with van der Waals surface area (Å²) in [6.07, 6.45) is 3.48. The molecule has 0 fully saturated rings. The fourth-order valence-corrected chi connectivity index (χ4v) is 2.32. The molecular formula is C18H26N4O. The van der Waals surface area contributed by atoms with E-state index in [1.165, 1.54) is 0 Å². The predicted molar refractivity (Wildman–Crippen MR) is 94.6 cm³/mol. The van der Waals surface area contributed by atoms with Crippen molar-refractivity contribution in [1.82, 2.24) is 15.2 Å². The number of aromatic nitrogens is 1. The molecule has 1 atom stereocenters. The van der Waals surface area contributed by atoms with Gasteiger partial charge in [-0.25, -0.2) is 0 Å². The second kappa shape index (κ2) is 9.00. The van der Waals surface area contributed by atoms with Crippen LogP contribution in [-0.4, -0.2) is 35.3 Å². The van der Waals surface area contributed by atoms with E-state index in [0.717, 1.165) is 36.7 Å². The Morgan fingerprint density at radius 1 is 1.22 bits per heavy atom. The van der Waals surface area contributed by atoms with Crippen LogP contribution in [0, 0.1) is 6.92 Å². The zero-order valence-electron chi connectivity index (χ0n) is 13.9. The van der Waals surface area contributed by atoms with Crippen LogP contribution < -0.4 is 10.6 Å². The van der Waals surface area contributed by atoms with Gasteiger partial charge in [-0.2, -0.15) is 0 Å². The molecule has 0 aliphatic rings. The van der Waals surface area contributed by atoms with E-state index in [2.05, 4.69) is 20.2 Å². The van der Waals surface area contributed by atoms with Crippen LogP contribution in [0.15, 0.2) is 53.8 Å². The number of benzene rings is 1. The Morgan fingerprint density at radius 3 is 2.70 bits per heavy atom. The molecule has 0 aliphatic heterocycles. The molecular weight excluding hydrogens is 288 g/mol. The topological polar surface area (TPSA) is 61.6 Å². The summed E-state index contributed by atoms with van der Waals surface area (Å²) in [6.45, 7) is 6.82. The van der Waals surface area contributed by atoms with Crippen molar-refractivity contribution >= 4 is 5.96 Å². The summed E-state index contributed by atoms with van der Waals surface area (Å²) in [5.41, 5.74) is 2.04. The van der Waals surface area contributed by atoms with Gasteiger partial charge in [-0.05, 0) is 31.5 Å². The number of hydrogen-bond acceptors (Lipinski definition) is 2. The predicted octanol–water partition coefficient (Wildman–Crippen LogP) is 2.09. The van der Waals surface area contributed by atoms with Crippen molar-refractivity contribution in [3.8, 4) is 0 Å². The number of aliphatic hydroxyl groups is 1. The maximum absolute atomic E-state index is 10.3. The highest BCUT2D eigenvalue weighted by Crippen LogP contribution is 2.14. The molecule has 5 nitrogen and oxygen atoms in total. The molecule has 2 rings (SSSR count). The standard InChI is InChI=1S/C18H26N4O/c1-3-19-18(20-9-12-22-10-4-5-11-22)21-14-17(23)16-8-6-7-15(2)13-16/h4-8,10-11,13,17,23H,3,9,12,14H2,1-2H3,(H2,19,20,21). The Morgan fingerprint density at radius 2 is 2.00 bits per heavy atom. The van der Waals surface area contributed by atoms with Crippen LogP contribution in [0.1, 0.15) is 24.2 Å². The number of guanidine groups is 1. The molecule has 0 bridgehead atoms. The average molecular weight is 314 g/mol. The number of nitrogens with one attached hydrogen (secondary N) is 2. The van der Waals surface area contributed by atoms with Crippen molar-refractivity contribution in [1.29, 1.82) is 0 Å². The summed E-state index contributed by atoms with van der Waals surface area (Å²) < 4.78 is 2.11. The minimum atomic E-state index is -0.588. The molecule has 0 amide bonds. The lowest BCUT2D eigenvalue weighted by Crippen LogP contribution is -2.39. The largest absolute Gasteiger partial charge is 0.386 e. The lowest BCUT2D eigenvalue weighted by atomic mass is 10.1. The summed E-state index contributed by atoms with van der Waals surface area (Å²) in [7, 11) is 0. The lowest BCUT2D eigenvalue weighted by molar-refractivity contribution is 0.187. The molecule has 124 valence electrons. The van der Waals surface area contributed by atoms with E-state index in [1.54, 1.807) is 0 Å². The minimum Gasteiger partial charge on any atom is -0.386 e. The van der Waals surface area contributed by atoms with Gasteiger partial charge in [-0.3, -0.25) is 4.99 Å². The third kappa shape index (κ3) is 5.79. The molecule has 0 saturated carbocycles. The molecule has 1 unspecified atom stereocenters. The first kappa shape index (κ1) is 17.1. The molecule has 1 heterocycles. The number of hydrogen-bond donors (Lipinski definition) is 3. The molecule has 5 heteroatoms. The summed E-state index contributed by atoms with van der Waals surface area (Å²) in [6, 6.07) is 11.9. The van der Waals surface area contributed by atoms with Gasteiger partial charge in [0.05, 0.1) is 12.6 Å². The molecule has 0 radical (unpaired) electrons. The van der Waals surface area contributed by atoms with Crippen LogP contribution in [0.4, 0.5) is 0 Å². The third-order valence-corrected chi connectivity index (χ3v) is 3.52. The van der Waals surface area contributed by atoms with Gasteiger partial charge in [0.15, 0.2) is 5.96 Å². The van der Waals surface area contributed by atoms with Crippen molar-refractivity contribution in [3.63, 3.8) is 0 Å². The van der Waals surface area contributed by atoms with E-state index in [0.29, 0.717) is 6.54 Å². The van der Waals surface area contributed by atoms with Crippen molar-refractivity contribution < 1.29 is 5.11 Å². The van der Waals surface area contributed by atoms with Crippen LogP contribution in [0.25, 0.3) is 0 Å². The highest BCUT2D eigenvalue weighted by atomic mass is 16.3. The molecule has 0 saturated heterocycles. The van der Waals surface area contributed by atoms with Crippen molar-refractivity contribution in [2.75, 3.05) is 19.6 Å². The Bertz CT molecular complexity index is 607. The van der Waals surface area contributed by atoms with E-state index in [1.807, 2.05) is 62.6 Å². The van der Waals surface area contributed by atoms with Crippen LogP contribution in [0.2, 0.25) is 0 Å². The first-order chi connectivity index (χ1) is 11.2. The number of nitrogens with zero attached hydrogens (tertiary/aromatic N) is 2. The van der Waals surface area contributed by atoms with Crippen molar-refractivity contribution in [2.24, 2.45) is 4.99 Å². The van der Waals surface area contributed by atoms with Gasteiger partial charge in [0.25, 0.3) is 0 Å². The van der Waals surface area contributed by atoms with Crippen molar-refractivity contribution in [3.05, 3.63) is 59.9 Å². The number of rotatable bonds is 7. The molecule has 2 aromatic rings. The van der Waals surface area contributed by atoms with Crippen molar-refractivity contribution in [2.45, 2.75) is 26.5 Å². The van der Waals surface area contributed by atoms with E-state index >= 15 is 0 Å². The zero-order chi connectivity index (χ0) is 16.5. The average Bonchev–Trinajstić information content (AvgIpc) is 3.05. The molecule has 0 spiro atoms. The van der Waals surface area contributed by atoms with Gasteiger partial charge in [0.2, 0.25) is 0 Å². The quantitative estimate of drug-likeness (QED) is 0.542. The summed E-state index contributed by atoms with van der Waals surface area (Å²) in [5, 5.41) is 16.8. The van der Waals surface area contributed by atoms with Gasteiger partial charge in [0, 0.05) is 32.0 Å². The number of aryl methyl sites for hydroxylation is 1.